The number of nitrogens with one attached hydrogen (secondary N) is 1. The fraction of sp³-hybridized carbons (Fsp3) is 0.526. The molecule has 1 unspecified atom stereocenters. The Labute approximate surface area is 182 Å². The molecule has 0 spiro atoms. The normalized spacial score (nSPS) is 17.5. The molecule has 1 aromatic carbocycles. The van der Waals surface area contributed by atoms with Crippen LogP contribution in [0.5, 0.6) is 0 Å². The van der Waals surface area contributed by atoms with Gasteiger partial charge in [0.1, 0.15) is 0 Å². The van der Waals surface area contributed by atoms with E-state index < -0.39 is 0 Å². The molecule has 1 atom stereocenters. The van der Waals surface area contributed by atoms with Gasteiger partial charge in [0.2, 0.25) is 11.7 Å². The van der Waals surface area contributed by atoms with Gasteiger partial charge in [-0.15, -0.1) is 24.0 Å². The van der Waals surface area contributed by atoms with Gasteiger partial charge in [0.15, 0.2) is 5.96 Å². The van der Waals surface area contributed by atoms with Crippen LogP contribution in [0.15, 0.2) is 33.8 Å². The highest BCUT2D eigenvalue weighted by atomic mass is 127. The van der Waals surface area contributed by atoms with Crippen LogP contribution in [0.2, 0.25) is 5.02 Å². The third-order valence-electron chi connectivity index (χ3n) is 4.43. The Kier molecular flexibility index (Phi) is 8.82. The number of aromatic nitrogens is 2. The molecule has 0 saturated carbocycles. The van der Waals surface area contributed by atoms with Gasteiger partial charge in [0.05, 0.1) is 6.54 Å². The molecule has 0 bridgehead atoms. The van der Waals surface area contributed by atoms with Gasteiger partial charge in [-0.3, -0.25) is 4.99 Å². The lowest BCUT2D eigenvalue weighted by Crippen LogP contribution is -2.46. The highest BCUT2D eigenvalue weighted by Crippen LogP contribution is 2.20. The molecule has 0 amide bonds. The molecule has 1 fully saturated rings. The number of hydrogen-bond acceptors (Lipinski definition) is 4. The fourth-order valence-electron chi connectivity index (χ4n) is 3.17. The van der Waals surface area contributed by atoms with Crippen LogP contribution in [-0.2, 0) is 6.42 Å². The predicted molar refractivity (Wildman–Crippen MR) is 120 cm³/mol. The Morgan fingerprint density at radius 2 is 2.30 bits per heavy atom. The molecule has 6 nitrogen and oxygen atoms in total. The number of guanidine groups is 1. The summed E-state index contributed by atoms with van der Waals surface area (Å²) in [6.45, 7) is 8.00. The monoisotopic (exact) mass is 503 g/mol. The summed E-state index contributed by atoms with van der Waals surface area (Å²) < 4.78 is 5.36. The van der Waals surface area contributed by atoms with Crippen molar-refractivity contribution in [2.45, 2.75) is 33.1 Å². The quantitative estimate of drug-likeness (QED) is 0.375. The van der Waals surface area contributed by atoms with Gasteiger partial charge in [-0.25, -0.2) is 0 Å². The number of halogens is 2. The van der Waals surface area contributed by atoms with Crippen LogP contribution in [0.3, 0.4) is 0 Å². The molecule has 0 radical (unpaired) electrons. The number of likely N-dealkylation sites (tertiary alicyclic amines) is 1. The van der Waals surface area contributed by atoms with E-state index in [4.69, 9.17) is 21.1 Å². The first-order valence-corrected chi connectivity index (χ1v) is 9.65. The molecule has 1 aliphatic heterocycles. The Balaban J connectivity index is 0.00000261. The number of hydrogen-bond donors (Lipinski definition) is 1. The molecular weight excluding hydrogens is 477 g/mol. The van der Waals surface area contributed by atoms with Crippen molar-refractivity contribution in [3.8, 4) is 11.4 Å². The van der Waals surface area contributed by atoms with Gasteiger partial charge in [0, 0.05) is 36.6 Å². The van der Waals surface area contributed by atoms with Crippen LogP contribution in [0, 0.1) is 5.92 Å². The van der Waals surface area contributed by atoms with E-state index in [-0.39, 0.29) is 24.0 Å². The molecule has 1 aromatic heterocycles. The molecule has 8 heteroatoms. The van der Waals surface area contributed by atoms with Crippen molar-refractivity contribution in [3.05, 3.63) is 35.2 Å². The van der Waals surface area contributed by atoms with E-state index in [1.54, 1.807) is 0 Å². The van der Waals surface area contributed by atoms with E-state index in [0.717, 1.165) is 31.2 Å². The average molecular weight is 504 g/mol. The Morgan fingerprint density at radius 1 is 1.44 bits per heavy atom. The zero-order valence-electron chi connectivity index (χ0n) is 15.8. The smallest absolute Gasteiger partial charge is 0.228 e. The molecular formula is C19H27ClIN5O. The van der Waals surface area contributed by atoms with Crippen molar-refractivity contribution in [1.82, 2.24) is 20.4 Å². The van der Waals surface area contributed by atoms with Crippen molar-refractivity contribution < 1.29 is 4.52 Å². The van der Waals surface area contributed by atoms with Gasteiger partial charge >= 0.3 is 0 Å². The predicted octanol–water partition coefficient (Wildman–Crippen LogP) is 4.25. The maximum atomic E-state index is 6.02. The first kappa shape index (κ1) is 21.9. The van der Waals surface area contributed by atoms with Crippen molar-refractivity contribution in [2.24, 2.45) is 10.9 Å². The molecule has 27 heavy (non-hydrogen) atoms. The Morgan fingerprint density at radius 3 is 3.04 bits per heavy atom. The van der Waals surface area contributed by atoms with Gasteiger partial charge in [-0.05, 0) is 37.8 Å². The van der Waals surface area contributed by atoms with Crippen molar-refractivity contribution in [2.75, 3.05) is 26.2 Å². The van der Waals surface area contributed by atoms with E-state index in [9.17, 15) is 0 Å². The zero-order valence-corrected chi connectivity index (χ0v) is 18.9. The number of nitrogens with zero attached hydrogens (tertiary/aromatic N) is 4. The Hall–Kier alpha value is -1.35. The molecule has 1 saturated heterocycles. The SMILES string of the molecule is CCNC(=NCCc1nc(-c2cccc(Cl)c2)no1)N1CCCC(C)C1.I. The topological polar surface area (TPSA) is 66.5 Å². The van der Waals surface area contributed by atoms with Gasteiger partial charge in [-0.2, -0.15) is 4.98 Å². The summed E-state index contributed by atoms with van der Waals surface area (Å²) in [4.78, 5) is 11.5. The standard InChI is InChI=1S/C19H26ClN5O.HI/c1-3-21-19(25-11-5-6-14(2)13-25)22-10-9-17-23-18(24-26-17)15-7-4-8-16(20)12-15;/h4,7-8,12,14H,3,5-6,9-11,13H2,1-2H3,(H,21,22);1H. The van der Waals surface area contributed by atoms with Crippen LogP contribution >= 0.6 is 35.6 Å². The highest BCUT2D eigenvalue weighted by molar-refractivity contribution is 14.0. The van der Waals surface area contributed by atoms with E-state index >= 15 is 0 Å². The number of rotatable bonds is 5. The summed E-state index contributed by atoms with van der Waals surface area (Å²) in [7, 11) is 0. The van der Waals surface area contributed by atoms with Crippen LogP contribution in [0.25, 0.3) is 11.4 Å². The summed E-state index contributed by atoms with van der Waals surface area (Å²) in [5.41, 5.74) is 0.853. The van der Waals surface area contributed by atoms with Gasteiger partial charge in [0.25, 0.3) is 0 Å². The summed E-state index contributed by atoms with van der Waals surface area (Å²) in [5.74, 6) is 2.84. The van der Waals surface area contributed by atoms with Crippen LogP contribution < -0.4 is 5.32 Å². The first-order chi connectivity index (χ1) is 12.7. The molecule has 1 N–H and O–H groups in total. The minimum Gasteiger partial charge on any atom is -0.357 e. The first-order valence-electron chi connectivity index (χ1n) is 9.27. The highest BCUT2D eigenvalue weighted by Gasteiger charge is 2.19. The maximum Gasteiger partial charge on any atom is 0.228 e. The maximum absolute atomic E-state index is 6.02. The van der Waals surface area contributed by atoms with Gasteiger partial charge in [-0.1, -0.05) is 35.8 Å². The zero-order chi connectivity index (χ0) is 18.4. The minimum atomic E-state index is 0. The van der Waals surface area contributed by atoms with Crippen LogP contribution in [0.4, 0.5) is 0 Å². The molecule has 148 valence electrons. The molecule has 2 heterocycles. The summed E-state index contributed by atoms with van der Waals surface area (Å²) in [6.07, 6.45) is 3.13. The largest absolute Gasteiger partial charge is 0.357 e. The number of aliphatic imine (C=N–C) groups is 1. The van der Waals surface area contributed by atoms with Gasteiger partial charge < -0.3 is 14.7 Å². The van der Waals surface area contributed by atoms with Crippen molar-refractivity contribution >= 4 is 41.5 Å². The minimum absolute atomic E-state index is 0. The third kappa shape index (κ3) is 6.34. The number of benzene rings is 1. The van der Waals surface area contributed by atoms with E-state index in [2.05, 4.69) is 34.2 Å². The lowest BCUT2D eigenvalue weighted by molar-refractivity contribution is 0.266. The second-order valence-corrected chi connectivity index (χ2v) is 7.14. The molecule has 1 aliphatic rings. The number of piperidine rings is 1. The van der Waals surface area contributed by atoms with Crippen LogP contribution in [-0.4, -0.2) is 47.2 Å². The lowest BCUT2D eigenvalue weighted by Gasteiger charge is -2.33. The van der Waals surface area contributed by atoms with Crippen molar-refractivity contribution in [3.63, 3.8) is 0 Å². The second-order valence-electron chi connectivity index (χ2n) is 6.70. The van der Waals surface area contributed by atoms with E-state index in [0.29, 0.717) is 35.6 Å². The molecule has 0 aliphatic carbocycles. The molecule has 3 rings (SSSR count). The van der Waals surface area contributed by atoms with E-state index in [1.807, 2.05) is 24.3 Å². The molecule has 2 aromatic rings. The van der Waals surface area contributed by atoms with E-state index in [1.165, 1.54) is 12.8 Å². The third-order valence-corrected chi connectivity index (χ3v) is 4.66. The Bertz CT molecular complexity index is 751. The average Bonchev–Trinajstić information content (AvgIpc) is 3.10. The summed E-state index contributed by atoms with van der Waals surface area (Å²) in [5, 5.41) is 8.09. The lowest BCUT2D eigenvalue weighted by atomic mass is 10.0. The summed E-state index contributed by atoms with van der Waals surface area (Å²) >= 11 is 6.02. The second kappa shape index (κ2) is 10.8. The van der Waals surface area contributed by atoms with Crippen LogP contribution in [0.1, 0.15) is 32.6 Å². The fourth-order valence-corrected chi connectivity index (χ4v) is 3.36. The summed E-state index contributed by atoms with van der Waals surface area (Å²) in [6, 6.07) is 7.44. The van der Waals surface area contributed by atoms with Crippen molar-refractivity contribution in [1.29, 1.82) is 0 Å².